The van der Waals surface area contributed by atoms with E-state index in [0.717, 1.165) is 32.4 Å². The number of halogens is 1. The lowest BCUT2D eigenvalue weighted by atomic mass is 10.1. The highest BCUT2D eigenvalue weighted by Gasteiger charge is 2.19. The first-order chi connectivity index (χ1) is 11.2. The molecule has 0 radical (unpaired) electrons. The minimum Gasteiger partial charge on any atom is -0.340 e. The number of piperidine rings is 1. The Morgan fingerprint density at radius 3 is 2.88 bits per heavy atom. The average molecular weight is 350 g/mol. The Hall–Kier alpha value is -1.92. The number of amides is 1. The number of nitrogens with zero attached hydrogens (tertiary/aromatic N) is 4. The topological polar surface area (TPSA) is 63.1 Å². The summed E-state index contributed by atoms with van der Waals surface area (Å²) in [4.78, 5) is 18.2. The van der Waals surface area contributed by atoms with Gasteiger partial charge in [0.25, 0.3) is 5.91 Å². The predicted octanol–water partition coefficient (Wildman–Crippen LogP) is 1.94. The van der Waals surface area contributed by atoms with Gasteiger partial charge >= 0.3 is 0 Å². The van der Waals surface area contributed by atoms with Crippen LogP contribution in [0.1, 0.15) is 34.9 Å². The molecule has 2 aromatic rings. The standard InChI is InChI=1S/C17H23N5O.ClH/c1-21(11-6-14-4-9-18-10-5-14)17(23)16-7-12-22(20-16)15-3-2-8-19-13-15;/h4-5,7,9-10,12,15,19H,2-3,6,8,11,13H2,1H3;1H. The van der Waals surface area contributed by atoms with Crippen LogP contribution in [-0.4, -0.2) is 52.3 Å². The van der Waals surface area contributed by atoms with Crippen molar-refractivity contribution in [1.82, 2.24) is 25.0 Å². The summed E-state index contributed by atoms with van der Waals surface area (Å²) in [6, 6.07) is 6.12. The summed E-state index contributed by atoms with van der Waals surface area (Å²) in [6.45, 7) is 2.66. The van der Waals surface area contributed by atoms with Crippen molar-refractivity contribution in [2.24, 2.45) is 0 Å². The maximum Gasteiger partial charge on any atom is 0.274 e. The molecule has 3 rings (SSSR count). The van der Waals surface area contributed by atoms with Crippen LogP contribution < -0.4 is 5.32 Å². The van der Waals surface area contributed by atoms with Gasteiger partial charge in [0.2, 0.25) is 0 Å². The minimum absolute atomic E-state index is 0. The van der Waals surface area contributed by atoms with Gasteiger partial charge in [0.15, 0.2) is 0 Å². The molecule has 1 N–H and O–H groups in total. The maximum absolute atomic E-state index is 12.5. The molecule has 0 aromatic carbocycles. The van der Waals surface area contributed by atoms with Crippen LogP contribution in [0.2, 0.25) is 0 Å². The summed E-state index contributed by atoms with van der Waals surface area (Å²) in [7, 11) is 1.82. The molecule has 0 saturated carbocycles. The number of aromatic nitrogens is 3. The van der Waals surface area contributed by atoms with Gasteiger partial charge in [-0.2, -0.15) is 5.10 Å². The monoisotopic (exact) mass is 349 g/mol. The first-order valence-electron chi connectivity index (χ1n) is 8.14. The van der Waals surface area contributed by atoms with E-state index in [2.05, 4.69) is 15.4 Å². The third kappa shape index (κ3) is 4.55. The Labute approximate surface area is 148 Å². The number of pyridine rings is 1. The molecule has 1 amide bonds. The SMILES string of the molecule is CN(CCc1ccncc1)C(=O)c1ccn(C2CCCNC2)n1.Cl. The van der Waals surface area contributed by atoms with Crippen molar-refractivity contribution >= 4 is 18.3 Å². The van der Waals surface area contributed by atoms with Crippen molar-refractivity contribution in [2.45, 2.75) is 25.3 Å². The highest BCUT2D eigenvalue weighted by molar-refractivity contribution is 5.92. The number of likely N-dealkylation sites (N-methyl/N-ethyl adjacent to an activating group) is 1. The van der Waals surface area contributed by atoms with Crippen LogP contribution in [0.15, 0.2) is 36.8 Å². The number of rotatable bonds is 5. The smallest absolute Gasteiger partial charge is 0.274 e. The molecule has 6 nitrogen and oxygen atoms in total. The fraction of sp³-hybridized carbons (Fsp3) is 0.471. The molecule has 0 spiro atoms. The zero-order valence-corrected chi connectivity index (χ0v) is 14.7. The molecule has 0 bridgehead atoms. The minimum atomic E-state index is -0.0263. The summed E-state index contributed by atoms with van der Waals surface area (Å²) >= 11 is 0. The third-order valence-corrected chi connectivity index (χ3v) is 4.30. The number of nitrogens with one attached hydrogen (secondary N) is 1. The molecule has 1 atom stereocenters. The van der Waals surface area contributed by atoms with Gasteiger partial charge in [-0.15, -0.1) is 12.4 Å². The Kier molecular flexibility index (Phi) is 6.75. The number of carbonyl (C=O) groups excluding carboxylic acids is 1. The van der Waals surface area contributed by atoms with Gasteiger partial charge in [0.05, 0.1) is 6.04 Å². The predicted molar refractivity (Wildman–Crippen MR) is 95.5 cm³/mol. The van der Waals surface area contributed by atoms with E-state index in [0.29, 0.717) is 18.3 Å². The van der Waals surface area contributed by atoms with Gasteiger partial charge in [0, 0.05) is 38.7 Å². The first kappa shape index (κ1) is 18.4. The molecular weight excluding hydrogens is 326 g/mol. The zero-order valence-electron chi connectivity index (χ0n) is 13.9. The molecule has 1 aliphatic rings. The number of hydrogen-bond acceptors (Lipinski definition) is 4. The van der Waals surface area contributed by atoms with Crippen molar-refractivity contribution in [3.05, 3.63) is 48.0 Å². The molecule has 2 aromatic heterocycles. The summed E-state index contributed by atoms with van der Waals surface area (Å²) in [5.74, 6) is -0.0263. The fourth-order valence-corrected chi connectivity index (χ4v) is 2.86. The second-order valence-corrected chi connectivity index (χ2v) is 6.01. The normalized spacial score (nSPS) is 17.1. The summed E-state index contributed by atoms with van der Waals surface area (Å²) in [5.41, 5.74) is 1.70. The van der Waals surface area contributed by atoms with Crippen LogP contribution in [-0.2, 0) is 6.42 Å². The van der Waals surface area contributed by atoms with Gasteiger partial charge in [0.1, 0.15) is 5.69 Å². The van der Waals surface area contributed by atoms with Gasteiger partial charge in [-0.25, -0.2) is 0 Å². The van der Waals surface area contributed by atoms with E-state index in [1.54, 1.807) is 17.3 Å². The molecule has 24 heavy (non-hydrogen) atoms. The lowest BCUT2D eigenvalue weighted by molar-refractivity contribution is 0.0789. The van der Waals surface area contributed by atoms with E-state index in [9.17, 15) is 4.79 Å². The van der Waals surface area contributed by atoms with E-state index in [1.807, 2.05) is 36.1 Å². The molecule has 7 heteroatoms. The lowest BCUT2D eigenvalue weighted by Crippen LogP contribution is -2.32. The maximum atomic E-state index is 12.5. The van der Waals surface area contributed by atoms with E-state index in [1.165, 1.54) is 5.56 Å². The Morgan fingerprint density at radius 1 is 1.38 bits per heavy atom. The molecular formula is C17H24ClN5O. The number of carbonyl (C=O) groups is 1. The average Bonchev–Trinajstić information content (AvgIpc) is 3.11. The molecule has 1 aliphatic heterocycles. The Bertz CT molecular complexity index is 639. The van der Waals surface area contributed by atoms with Crippen molar-refractivity contribution in [3.63, 3.8) is 0 Å². The van der Waals surface area contributed by atoms with E-state index >= 15 is 0 Å². The van der Waals surface area contributed by atoms with Gasteiger partial charge in [-0.3, -0.25) is 14.5 Å². The van der Waals surface area contributed by atoms with Crippen LogP contribution in [0.4, 0.5) is 0 Å². The molecule has 0 aliphatic carbocycles. The van der Waals surface area contributed by atoms with Crippen LogP contribution in [0.25, 0.3) is 0 Å². The second kappa shape index (κ2) is 8.80. The summed E-state index contributed by atoms with van der Waals surface area (Å²) in [5, 5.41) is 7.86. The lowest BCUT2D eigenvalue weighted by Gasteiger charge is -2.23. The Morgan fingerprint density at radius 2 is 2.17 bits per heavy atom. The molecule has 1 fully saturated rings. The summed E-state index contributed by atoms with van der Waals surface area (Å²) in [6.07, 6.45) is 8.55. The highest BCUT2D eigenvalue weighted by Crippen LogP contribution is 2.16. The zero-order chi connectivity index (χ0) is 16.1. The van der Waals surface area contributed by atoms with Crippen molar-refractivity contribution in [2.75, 3.05) is 26.7 Å². The molecule has 130 valence electrons. The van der Waals surface area contributed by atoms with Crippen LogP contribution in [0.3, 0.4) is 0 Å². The second-order valence-electron chi connectivity index (χ2n) is 6.01. The quantitative estimate of drug-likeness (QED) is 0.896. The highest BCUT2D eigenvalue weighted by atomic mass is 35.5. The first-order valence-corrected chi connectivity index (χ1v) is 8.14. The Balaban J connectivity index is 0.00000208. The molecule has 1 saturated heterocycles. The van der Waals surface area contributed by atoms with Crippen molar-refractivity contribution in [1.29, 1.82) is 0 Å². The number of hydrogen-bond donors (Lipinski definition) is 1. The van der Waals surface area contributed by atoms with Crippen LogP contribution >= 0.6 is 12.4 Å². The van der Waals surface area contributed by atoms with Gasteiger partial charge in [-0.1, -0.05) is 0 Å². The van der Waals surface area contributed by atoms with E-state index in [-0.39, 0.29) is 18.3 Å². The van der Waals surface area contributed by atoms with Crippen molar-refractivity contribution < 1.29 is 4.79 Å². The molecule has 1 unspecified atom stereocenters. The molecule has 3 heterocycles. The summed E-state index contributed by atoms with van der Waals surface area (Å²) < 4.78 is 1.93. The van der Waals surface area contributed by atoms with Crippen LogP contribution in [0, 0.1) is 0 Å². The van der Waals surface area contributed by atoms with Crippen molar-refractivity contribution in [3.8, 4) is 0 Å². The van der Waals surface area contributed by atoms with Gasteiger partial charge in [-0.05, 0) is 49.6 Å². The fourth-order valence-electron chi connectivity index (χ4n) is 2.86. The van der Waals surface area contributed by atoms with E-state index in [4.69, 9.17) is 0 Å². The third-order valence-electron chi connectivity index (χ3n) is 4.30. The van der Waals surface area contributed by atoms with E-state index < -0.39 is 0 Å². The van der Waals surface area contributed by atoms with Gasteiger partial charge < -0.3 is 10.2 Å². The van der Waals surface area contributed by atoms with Crippen LogP contribution in [0.5, 0.6) is 0 Å². The largest absolute Gasteiger partial charge is 0.340 e.